The minimum atomic E-state index is -0.292. The Hall–Kier alpha value is -3.63. The number of nitrogens with one attached hydrogen (secondary N) is 2. The van der Waals surface area contributed by atoms with Crippen LogP contribution in [0.1, 0.15) is 65.1 Å². The summed E-state index contributed by atoms with van der Waals surface area (Å²) < 4.78 is 23.0. The topological polar surface area (TPSA) is 113 Å². The number of carbonyl (C=O) groups is 2. The number of anilines is 1. The molecule has 1 saturated heterocycles. The van der Waals surface area contributed by atoms with Crippen molar-refractivity contribution in [1.82, 2.24) is 10.2 Å². The lowest BCUT2D eigenvalue weighted by atomic mass is 9.84. The lowest BCUT2D eigenvalue weighted by Crippen LogP contribution is -2.31. The lowest BCUT2D eigenvalue weighted by molar-refractivity contribution is -0.00461. The number of fused-ring (bicyclic) bond motifs is 1. The number of rotatable bonds is 10. The number of methoxy groups -OCH3 is 3. The molecule has 0 bridgehead atoms. The molecule has 2 aliphatic heterocycles. The zero-order chi connectivity index (χ0) is 30.1. The molecule has 2 N–H and O–H groups in total. The number of amides is 1. The molecule has 2 aliphatic rings. The monoisotopic (exact) mass is 566 g/mol. The van der Waals surface area contributed by atoms with Crippen LogP contribution < -0.4 is 19.7 Å². The summed E-state index contributed by atoms with van der Waals surface area (Å²) >= 11 is 0. The van der Waals surface area contributed by atoms with Gasteiger partial charge >= 0.3 is 0 Å². The maximum absolute atomic E-state index is 13.8. The second-order valence-corrected chi connectivity index (χ2v) is 11.4. The van der Waals surface area contributed by atoms with E-state index in [4.69, 9.17) is 24.4 Å². The van der Waals surface area contributed by atoms with Crippen LogP contribution in [0.4, 0.5) is 5.69 Å². The standard InChI is InChI=1S/C31H42N4O6/c1-9-41-25-12-19-14-35(29(32)20(19)13-21(25)30(37)33-5)15-24(36)18-10-22(31(2,3)4)28(40-8)23(11-18)34-16-26(38-6)27(17-34)39-7/h10-13,26-27,32H,9,14-17H2,1-8H3,(H,33,37)/t26-,27-/m0/s1. The zero-order valence-electron chi connectivity index (χ0n) is 25.3. The van der Waals surface area contributed by atoms with Gasteiger partial charge < -0.3 is 34.1 Å². The summed E-state index contributed by atoms with van der Waals surface area (Å²) in [6, 6.07) is 7.27. The van der Waals surface area contributed by atoms with Crippen LogP contribution in [0.3, 0.4) is 0 Å². The molecule has 0 radical (unpaired) electrons. The number of Topliss-reactive ketones (excluding diaryl/α,β-unsaturated/α-hetero) is 1. The maximum atomic E-state index is 13.8. The molecule has 0 unspecified atom stereocenters. The average molecular weight is 567 g/mol. The summed E-state index contributed by atoms with van der Waals surface area (Å²) in [5.41, 5.74) is 3.84. The highest BCUT2D eigenvalue weighted by atomic mass is 16.5. The maximum Gasteiger partial charge on any atom is 0.254 e. The molecule has 2 heterocycles. The molecule has 10 nitrogen and oxygen atoms in total. The first-order chi connectivity index (χ1) is 19.5. The molecule has 0 aliphatic carbocycles. The second-order valence-electron chi connectivity index (χ2n) is 11.4. The summed E-state index contributed by atoms with van der Waals surface area (Å²) in [7, 11) is 6.56. The Kier molecular flexibility index (Phi) is 8.94. The van der Waals surface area contributed by atoms with Crippen molar-refractivity contribution in [3.8, 4) is 11.5 Å². The van der Waals surface area contributed by atoms with Crippen LogP contribution in [0.5, 0.6) is 11.5 Å². The van der Waals surface area contributed by atoms with Crippen LogP contribution in [0.15, 0.2) is 24.3 Å². The second kappa shape index (κ2) is 12.1. The largest absolute Gasteiger partial charge is 0.494 e. The number of amidine groups is 1. The van der Waals surface area contributed by atoms with E-state index < -0.39 is 0 Å². The fourth-order valence-electron chi connectivity index (χ4n) is 5.59. The van der Waals surface area contributed by atoms with E-state index in [0.717, 1.165) is 22.6 Å². The van der Waals surface area contributed by atoms with E-state index in [1.54, 1.807) is 45.4 Å². The van der Waals surface area contributed by atoms with Crippen molar-refractivity contribution in [2.45, 2.75) is 51.9 Å². The van der Waals surface area contributed by atoms with Gasteiger partial charge in [0.1, 0.15) is 29.5 Å². The zero-order valence-corrected chi connectivity index (χ0v) is 25.3. The third kappa shape index (κ3) is 5.90. The van der Waals surface area contributed by atoms with Crippen molar-refractivity contribution in [3.63, 3.8) is 0 Å². The summed E-state index contributed by atoms with van der Waals surface area (Å²) in [6.45, 7) is 10.1. The highest BCUT2D eigenvalue weighted by Gasteiger charge is 2.36. The van der Waals surface area contributed by atoms with Crippen LogP contribution >= 0.6 is 0 Å². The Morgan fingerprint density at radius 3 is 2.24 bits per heavy atom. The number of nitrogens with zero attached hydrogens (tertiary/aromatic N) is 2. The number of hydrogen-bond donors (Lipinski definition) is 2. The van der Waals surface area contributed by atoms with Gasteiger partial charge in [-0.2, -0.15) is 0 Å². The molecule has 10 heteroatoms. The molecular formula is C31H42N4O6. The van der Waals surface area contributed by atoms with Crippen LogP contribution in [-0.4, -0.2) is 89.3 Å². The van der Waals surface area contributed by atoms with Crippen molar-refractivity contribution in [2.24, 2.45) is 0 Å². The number of ketones is 1. The number of hydrogen-bond acceptors (Lipinski definition) is 8. The summed E-state index contributed by atoms with van der Waals surface area (Å²) in [5, 5.41) is 11.5. The van der Waals surface area contributed by atoms with Gasteiger partial charge in [-0.1, -0.05) is 20.8 Å². The quantitative estimate of drug-likeness (QED) is 0.420. The molecule has 2 atom stereocenters. The minimum absolute atomic E-state index is 0.0174. The van der Waals surface area contributed by atoms with Crippen LogP contribution in [0, 0.1) is 5.41 Å². The van der Waals surface area contributed by atoms with E-state index in [2.05, 4.69) is 31.0 Å². The highest BCUT2D eigenvalue weighted by Crippen LogP contribution is 2.42. The molecule has 2 aromatic carbocycles. The Morgan fingerprint density at radius 1 is 1.05 bits per heavy atom. The van der Waals surface area contributed by atoms with E-state index in [1.165, 1.54) is 0 Å². The van der Waals surface area contributed by atoms with Gasteiger partial charge in [-0.05, 0) is 42.2 Å². The minimum Gasteiger partial charge on any atom is -0.494 e. The number of benzene rings is 2. The van der Waals surface area contributed by atoms with Gasteiger partial charge in [-0.15, -0.1) is 0 Å². The molecule has 0 saturated carbocycles. The Morgan fingerprint density at radius 2 is 1.71 bits per heavy atom. The normalized spacial score (nSPS) is 18.5. The molecule has 222 valence electrons. The summed E-state index contributed by atoms with van der Waals surface area (Å²) in [4.78, 5) is 30.2. The Labute approximate surface area is 242 Å². The molecule has 4 rings (SSSR count). The van der Waals surface area contributed by atoms with Gasteiger partial charge in [0.15, 0.2) is 5.78 Å². The van der Waals surface area contributed by atoms with Crippen LogP contribution in [0.2, 0.25) is 0 Å². The van der Waals surface area contributed by atoms with Crippen molar-refractivity contribution in [2.75, 3.05) is 59.5 Å². The first-order valence-electron chi connectivity index (χ1n) is 13.9. The van der Waals surface area contributed by atoms with Gasteiger partial charge in [0, 0.05) is 57.6 Å². The third-order valence-corrected chi connectivity index (χ3v) is 7.81. The predicted octanol–water partition coefficient (Wildman–Crippen LogP) is 3.62. The summed E-state index contributed by atoms with van der Waals surface area (Å²) in [5.74, 6) is 1.01. The van der Waals surface area contributed by atoms with E-state index in [9.17, 15) is 9.59 Å². The Bertz CT molecular complexity index is 1320. The van der Waals surface area contributed by atoms with Crippen molar-refractivity contribution in [3.05, 3.63) is 52.1 Å². The van der Waals surface area contributed by atoms with E-state index in [-0.39, 0.29) is 41.7 Å². The van der Waals surface area contributed by atoms with E-state index >= 15 is 0 Å². The van der Waals surface area contributed by atoms with Crippen molar-refractivity contribution in [1.29, 1.82) is 5.41 Å². The number of ether oxygens (including phenoxy) is 4. The van der Waals surface area contributed by atoms with Gasteiger partial charge in [-0.3, -0.25) is 15.0 Å². The first-order valence-corrected chi connectivity index (χ1v) is 13.9. The third-order valence-electron chi connectivity index (χ3n) is 7.81. The van der Waals surface area contributed by atoms with Crippen molar-refractivity contribution >= 4 is 23.2 Å². The van der Waals surface area contributed by atoms with Gasteiger partial charge in [0.2, 0.25) is 0 Å². The average Bonchev–Trinajstić information content (AvgIpc) is 3.51. The SMILES string of the molecule is CCOc1cc2c(cc1C(=O)NC)C(=N)N(CC(=O)c1cc(N3C[C@H](OC)[C@@H](OC)C3)c(OC)c(C(C)(C)C)c1)C2. The van der Waals surface area contributed by atoms with Gasteiger partial charge in [0.05, 0.1) is 31.5 Å². The highest BCUT2D eigenvalue weighted by molar-refractivity contribution is 6.08. The molecule has 41 heavy (non-hydrogen) atoms. The van der Waals surface area contributed by atoms with E-state index in [0.29, 0.717) is 48.7 Å². The van der Waals surface area contributed by atoms with E-state index in [1.807, 2.05) is 19.1 Å². The molecule has 0 spiro atoms. The summed E-state index contributed by atoms with van der Waals surface area (Å²) in [6.07, 6.45) is -0.209. The Balaban J connectivity index is 1.67. The van der Waals surface area contributed by atoms with Gasteiger partial charge in [-0.25, -0.2) is 0 Å². The smallest absolute Gasteiger partial charge is 0.254 e. The van der Waals surface area contributed by atoms with Crippen molar-refractivity contribution < 1.29 is 28.5 Å². The first kappa shape index (κ1) is 30.3. The fourth-order valence-corrected chi connectivity index (χ4v) is 5.59. The molecule has 0 aromatic heterocycles. The molecule has 2 aromatic rings. The lowest BCUT2D eigenvalue weighted by Gasteiger charge is -2.29. The van der Waals surface area contributed by atoms with Gasteiger partial charge in [0.25, 0.3) is 5.91 Å². The van der Waals surface area contributed by atoms with Crippen LogP contribution in [0.25, 0.3) is 0 Å². The molecular weight excluding hydrogens is 524 g/mol. The fraction of sp³-hybridized carbons (Fsp3) is 0.516. The molecule has 1 amide bonds. The van der Waals surface area contributed by atoms with Crippen LogP contribution in [-0.2, 0) is 21.4 Å². The predicted molar refractivity (Wildman–Crippen MR) is 158 cm³/mol. The number of carbonyl (C=O) groups excluding carboxylic acids is 2. The molecule has 1 fully saturated rings.